The molecule has 0 saturated heterocycles. The summed E-state index contributed by atoms with van der Waals surface area (Å²) < 4.78 is 0. The summed E-state index contributed by atoms with van der Waals surface area (Å²) in [6.45, 7) is 4.08. The van der Waals surface area contributed by atoms with E-state index in [4.69, 9.17) is 0 Å². The van der Waals surface area contributed by atoms with Crippen LogP contribution in [0, 0.1) is 0 Å². The minimum atomic E-state index is 0.977. The van der Waals surface area contributed by atoms with E-state index in [1.807, 2.05) is 25.1 Å². The molecule has 0 bridgehead atoms. The predicted molar refractivity (Wildman–Crippen MR) is 51.8 cm³/mol. The van der Waals surface area contributed by atoms with Crippen LogP contribution in [0.4, 0.5) is 0 Å². The largest absolute Gasteiger partial charge is 0.291 e. The molecule has 0 atom stereocenters. The van der Waals surface area contributed by atoms with E-state index in [9.17, 15) is 0 Å². The van der Waals surface area contributed by atoms with E-state index in [2.05, 4.69) is 16.9 Å². The van der Waals surface area contributed by atoms with Gasteiger partial charge in [-0.3, -0.25) is 9.98 Å². The van der Waals surface area contributed by atoms with Gasteiger partial charge in [0.1, 0.15) is 0 Å². The van der Waals surface area contributed by atoms with E-state index in [0.717, 1.165) is 23.5 Å². The molecule has 0 aromatic carbocycles. The number of rotatable bonds is 2. The van der Waals surface area contributed by atoms with Crippen LogP contribution in [0.15, 0.2) is 23.2 Å². The van der Waals surface area contributed by atoms with Gasteiger partial charge in [0.15, 0.2) is 0 Å². The smallest absolute Gasteiger partial charge is 0.0840 e. The summed E-state index contributed by atoms with van der Waals surface area (Å²) in [5.74, 6) is 0. The average molecular weight is 162 g/mol. The van der Waals surface area contributed by atoms with Crippen molar-refractivity contribution in [2.75, 3.05) is 7.05 Å². The Morgan fingerprint density at radius 2 is 2.25 bits per heavy atom. The molecule has 0 saturated carbocycles. The molecule has 0 spiro atoms. The fourth-order valence-corrected chi connectivity index (χ4v) is 0.993. The summed E-state index contributed by atoms with van der Waals surface area (Å²) in [4.78, 5) is 8.52. The van der Waals surface area contributed by atoms with Crippen molar-refractivity contribution in [3.8, 4) is 0 Å². The SMILES string of the molecule is CCc1cccc(/C(C)=N/C)n1. The lowest BCUT2D eigenvalue weighted by molar-refractivity contribution is 1.03. The molecule has 2 nitrogen and oxygen atoms in total. The molecule has 1 aromatic heterocycles. The number of aryl methyl sites for hydroxylation is 1. The minimum Gasteiger partial charge on any atom is -0.291 e. The van der Waals surface area contributed by atoms with E-state index >= 15 is 0 Å². The minimum absolute atomic E-state index is 0.977. The number of aromatic nitrogens is 1. The number of hydrogen-bond acceptors (Lipinski definition) is 2. The van der Waals surface area contributed by atoms with Crippen LogP contribution in [-0.2, 0) is 6.42 Å². The van der Waals surface area contributed by atoms with Crippen molar-refractivity contribution < 1.29 is 0 Å². The molecule has 0 radical (unpaired) electrons. The quantitative estimate of drug-likeness (QED) is 0.611. The van der Waals surface area contributed by atoms with Crippen LogP contribution in [0.3, 0.4) is 0 Å². The van der Waals surface area contributed by atoms with E-state index in [1.54, 1.807) is 7.05 Å². The van der Waals surface area contributed by atoms with Gasteiger partial charge in [0, 0.05) is 12.7 Å². The maximum Gasteiger partial charge on any atom is 0.0840 e. The van der Waals surface area contributed by atoms with Crippen molar-refractivity contribution in [1.82, 2.24) is 4.98 Å². The Labute approximate surface area is 73.4 Å². The van der Waals surface area contributed by atoms with Gasteiger partial charge in [0.2, 0.25) is 0 Å². The first-order valence-electron chi connectivity index (χ1n) is 4.17. The van der Waals surface area contributed by atoms with Gasteiger partial charge in [-0.25, -0.2) is 0 Å². The Hall–Kier alpha value is -1.18. The van der Waals surface area contributed by atoms with Gasteiger partial charge in [0.05, 0.1) is 11.4 Å². The Balaban J connectivity index is 3.02. The zero-order valence-corrected chi connectivity index (χ0v) is 7.83. The van der Waals surface area contributed by atoms with Gasteiger partial charge < -0.3 is 0 Å². The summed E-state index contributed by atoms with van der Waals surface area (Å²) in [6.07, 6.45) is 0.977. The molecule has 1 rings (SSSR count). The molecular formula is C10H14N2. The zero-order chi connectivity index (χ0) is 8.97. The molecule has 64 valence electrons. The Bertz CT molecular complexity index is 290. The number of pyridine rings is 1. The van der Waals surface area contributed by atoms with Crippen molar-refractivity contribution in [2.24, 2.45) is 4.99 Å². The second-order valence-electron chi connectivity index (χ2n) is 2.68. The lowest BCUT2D eigenvalue weighted by Gasteiger charge is -2.00. The maximum atomic E-state index is 4.43. The first kappa shape index (κ1) is 8.91. The summed E-state index contributed by atoms with van der Waals surface area (Å²) >= 11 is 0. The molecule has 12 heavy (non-hydrogen) atoms. The number of nitrogens with zero attached hydrogens (tertiary/aromatic N) is 2. The first-order valence-corrected chi connectivity index (χ1v) is 4.17. The molecule has 0 aliphatic carbocycles. The van der Waals surface area contributed by atoms with Gasteiger partial charge in [0.25, 0.3) is 0 Å². The van der Waals surface area contributed by atoms with Gasteiger partial charge >= 0.3 is 0 Å². The second-order valence-corrected chi connectivity index (χ2v) is 2.68. The molecule has 0 aliphatic heterocycles. The molecule has 1 aromatic rings. The Morgan fingerprint density at radius 1 is 1.50 bits per heavy atom. The van der Waals surface area contributed by atoms with Crippen molar-refractivity contribution in [3.63, 3.8) is 0 Å². The van der Waals surface area contributed by atoms with Crippen LogP contribution >= 0.6 is 0 Å². The second kappa shape index (κ2) is 4.00. The number of aliphatic imine (C=N–C) groups is 1. The highest BCUT2D eigenvalue weighted by atomic mass is 14.8. The normalized spacial score (nSPS) is 11.8. The van der Waals surface area contributed by atoms with E-state index in [0.29, 0.717) is 0 Å². The Morgan fingerprint density at radius 3 is 2.83 bits per heavy atom. The van der Waals surface area contributed by atoms with E-state index in [1.165, 1.54) is 0 Å². The number of hydrogen-bond donors (Lipinski definition) is 0. The highest BCUT2D eigenvalue weighted by Crippen LogP contribution is 2.01. The summed E-state index contributed by atoms with van der Waals surface area (Å²) in [5.41, 5.74) is 3.10. The lowest BCUT2D eigenvalue weighted by atomic mass is 10.2. The summed E-state index contributed by atoms with van der Waals surface area (Å²) in [6, 6.07) is 6.05. The summed E-state index contributed by atoms with van der Waals surface area (Å²) in [5, 5.41) is 0. The third-order valence-electron chi connectivity index (χ3n) is 1.88. The monoisotopic (exact) mass is 162 g/mol. The maximum absolute atomic E-state index is 4.43. The third-order valence-corrected chi connectivity index (χ3v) is 1.88. The van der Waals surface area contributed by atoms with E-state index in [-0.39, 0.29) is 0 Å². The molecule has 0 N–H and O–H groups in total. The molecule has 0 unspecified atom stereocenters. The van der Waals surface area contributed by atoms with Crippen LogP contribution in [0.2, 0.25) is 0 Å². The van der Waals surface area contributed by atoms with Gasteiger partial charge in [-0.15, -0.1) is 0 Å². The third kappa shape index (κ3) is 1.91. The predicted octanol–water partition coefficient (Wildman–Crippen LogP) is 2.08. The molecule has 0 fully saturated rings. The molecule has 0 amide bonds. The first-order chi connectivity index (χ1) is 5.77. The van der Waals surface area contributed by atoms with Crippen LogP contribution < -0.4 is 0 Å². The highest BCUT2D eigenvalue weighted by molar-refractivity contribution is 5.96. The standard InChI is InChI=1S/C10H14N2/c1-4-9-6-5-7-10(12-9)8(2)11-3/h5-7H,4H2,1-3H3/b11-8+. The van der Waals surface area contributed by atoms with E-state index < -0.39 is 0 Å². The van der Waals surface area contributed by atoms with Crippen LogP contribution in [-0.4, -0.2) is 17.7 Å². The van der Waals surface area contributed by atoms with Crippen molar-refractivity contribution in [3.05, 3.63) is 29.6 Å². The van der Waals surface area contributed by atoms with Gasteiger partial charge in [-0.1, -0.05) is 13.0 Å². The zero-order valence-electron chi connectivity index (χ0n) is 7.83. The van der Waals surface area contributed by atoms with Crippen molar-refractivity contribution in [2.45, 2.75) is 20.3 Å². The van der Waals surface area contributed by atoms with Gasteiger partial charge in [-0.2, -0.15) is 0 Å². The van der Waals surface area contributed by atoms with Crippen LogP contribution in [0.25, 0.3) is 0 Å². The fraction of sp³-hybridized carbons (Fsp3) is 0.400. The summed E-state index contributed by atoms with van der Waals surface area (Å²) in [7, 11) is 1.79. The lowest BCUT2D eigenvalue weighted by Crippen LogP contribution is -2.00. The van der Waals surface area contributed by atoms with Crippen molar-refractivity contribution in [1.29, 1.82) is 0 Å². The molecule has 1 heterocycles. The van der Waals surface area contributed by atoms with Crippen molar-refractivity contribution >= 4 is 5.71 Å². The van der Waals surface area contributed by atoms with Crippen LogP contribution in [0.1, 0.15) is 25.2 Å². The van der Waals surface area contributed by atoms with Crippen LogP contribution in [0.5, 0.6) is 0 Å². The molecule has 0 aliphatic rings. The average Bonchev–Trinajstić information content (AvgIpc) is 2.17. The molecule has 2 heteroatoms. The molecular weight excluding hydrogens is 148 g/mol. The topological polar surface area (TPSA) is 25.2 Å². The highest BCUT2D eigenvalue weighted by Gasteiger charge is 1.97. The Kier molecular flexibility index (Phi) is 2.97. The van der Waals surface area contributed by atoms with Gasteiger partial charge in [-0.05, 0) is 25.5 Å². The fourth-order valence-electron chi connectivity index (χ4n) is 0.993.